The summed E-state index contributed by atoms with van der Waals surface area (Å²) < 4.78 is 21.1. The number of carbonyl (C=O) groups is 1. The van der Waals surface area contributed by atoms with Crippen LogP contribution in [0.3, 0.4) is 0 Å². The number of rotatable bonds is 5. The van der Waals surface area contributed by atoms with E-state index < -0.39 is 0 Å². The van der Waals surface area contributed by atoms with Gasteiger partial charge in [0.1, 0.15) is 28.9 Å². The van der Waals surface area contributed by atoms with Crippen LogP contribution < -0.4 is 10.6 Å². The summed E-state index contributed by atoms with van der Waals surface area (Å²) in [5.74, 6) is 7.00. The molecule has 2 N–H and O–H groups in total. The number of nitrogens with zero attached hydrogens (tertiary/aromatic N) is 5. The minimum atomic E-state index is -0.256. The summed E-state index contributed by atoms with van der Waals surface area (Å²) in [5.41, 5.74) is 2.68. The lowest BCUT2D eigenvalue weighted by Gasteiger charge is -2.18. The molecule has 0 aliphatic carbocycles. The zero-order chi connectivity index (χ0) is 28.5. The van der Waals surface area contributed by atoms with Gasteiger partial charge in [0, 0.05) is 37.1 Å². The Hall–Kier alpha value is -4.53. The number of hydrogen-bond acceptors (Lipinski definition) is 8. The Labute approximate surface area is 245 Å². The highest BCUT2D eigenvalue weighted by Gasteiger charge is 2.28. The van der Waals surface area contributed by atoms with Crippen LogP contribution in [0.5, 0.6) is 0 Å². The first-order valence-corrected chi connectivity index (χ1v) is 14.8. The zero-order valence-corrected chi connectivity index (χ0v) is 23.5. The monoisotopic (exact) mass is 581 g/mol. The largest absolute Gasteiger partial charge is 0.445 e. The van der Waals surface area contributed by atoms with E-state index in [0.717, 1.165) is 63.2 Å². The molecule has 2 aliphatic heterocycles. The van der Waals surface area contributed by atoms with Gasteiger partial charge in [0.25, 0.3) is 0 Å². The molecule has 1 amide bonds. The zero-order valence-electron chi connectivity index (χ0n) is 22.7. The van der Waals surface area contributed by atoms with Crippen LogP contribution in [-0.4, -0.2) is 62.5 Å². The summed E-state index contributed by atoms with van der Waals surface area (Å²) >= 11 is 1.52. The number of thiophene rings is 1. The van der Waals surface area contributed by atoms with Crippen molar-refractivity contribution in [1.82, 2.24) is 30.0 Å². The van der Waals surface area contributed by atoms with Crippen LogP contribution in [0.4, 0.5) is 20.7 Å². The highest BCUT2D eigenvalue weighted by molar-refractivity contribution is 7.19. The second kappa shape index (κ2) is 11.4. The minimum absolute atomic E-state index is 0.0381. The number of likely N-dealkylation sites (tertiary alicyclic amines) is 1. The number of benzene rings is 2. The molecule has 0 spiro atoms. The van der Waals surface area contributed by atoms with E-state index in [4.69, 9.17) is 4.74 Å². The van der Waals surface area contributed by atoms with E-state index >= 15 is 0 Å². The lowest BCUT2D eigenvalue weighted by Crippen LogP contribution is -2.32. The molecule has 0 saturated carbocycles. The molecule has 2 aromatic carbocycles. The fourth-order valence-electron chi connectivity index (χ4n) is 5.43. The fraction of sp³-hybridized carbons (Fsp3) is 0.290. The molecule has 9 nitrogen and oxygen atoms in total. The summed E-state index contributed by atoms with van der Waals surface area (Å²) in [5, 5.41) is 13.1. The number of nitrogens with one attached hydrogen (secondary N) is 2. The van der Waals surface area contributed by atoms with Gasteiger partial charge in [-0.05, 0) is 54.8 Å². The summed E-state index contributed by atoms with van der Waals surface area (Å²) in [6.45, 7) is 2.66. The molecule has 2 fully saturated rings. The van der Waals surface area contributed by atoms with E-state index in [1.165, 1.54) is 23.5 Å². The van der Waals surface area contributed by atoms with Crippen LogP contribution >= 0.6 is 11.3 Å². The maximum absolute atomic E-state index is 13.6. The third kappa shape index (κ3) is 5.64. The van der Waals surface area contributed by atoms with Crippen molar-refractivity contribution in [2.75, 3.05) is 25.0 Å². The Morgan fingerprint density at radius 1 is 1.17 bits per heavy atom. The van der Waals surface area contributed by atoms with E-state index in [1.807, 2.05) is 41.2 Å². The Kier molecular flexibility index (Phi) is 7.15. The first-order valence-electron chi connectivity index (χ1n) is 14.0. The van der Waals surface area contributed by atoms with Crippen molar-refractivity contribution in [2.45, 2.75) is 38.0 Å². The van der Waals surface area contributed by atoms with Gasteiger partial charge in [-0.1, -0.05) is 24.0 Å². The van der Waals surface area contributed by atoms with Crippen molar-refractivity contribution < 1.29 is 13.9 Å². The Morgan fingerprint density at radius 3 is 2.95 bits per heavy atom. The van der Waals surface area contributed by atoms with Gasteiger partial charge in [-0.15, -0.1) is 11.3 Å². The van der Waals surface area contributed by atoms with Crippen LogP contribution in [-0.2, 0) is 11.3 Å². The van der Waals surface area contributed by atoms with Gasteiger partial charge in [-0.2, -0.15) is 5.10 Å². The van der Waals surface area contributed by atoms with E-state index in [0.29, 0.717) is 25.3 Å². The number of fused-ring (bicyclic) bond motifs is 2. The lowest BCUT2D eigenvalue weighted by molar-refractivity contribution is 0.0763. The summed E-state index contributed by atoms with van der Waals surface area (Å²) in [6.07, 6.45) is 5.74. The highest BCUT2D eigenvalue weighted by Crippen LogP contribution is 2.30. The van der Waals surface area contributed by atoms with Crippen LogP contribution in [0, 0.1) is 17.7 Å². The van der Waals surface area contributed by atoms with Crippen molar-refractivity contribution in [2.24, 2.45) is 0 Å². The number of hydrogen-bond donors (Lipinski definition) is 2. The predicted octanol–water partition coefficient (Wildman–Crippen LogP) is 5.29. The molecular formula is C31H28FN7O2S. The van der Waals surface area contributed by atoms with Gasteiger partial charge in [0.15, 0.2) is 0 Å². The van der Waals surface area contributed by atoms with E-state index in [-0.39, 0.29) is 24.1 Å². The first kappa shape index (κ1) is 26.4. The lowest BCUT2D eigenvalue weighted by atomic mass is 10.2. The van der Waals surface area contributed by atoms with E-state index in [1.54, 1.807) is 17.3 Å². The van der Waals surface area contributed by atoms with E-state index in [9.17, 15) is 9.18 Å². The van der Waals surface area contributed by atoms with Gasteiger partial charge in [0.2, 0.25) is 0 Å². The molecule has 0 bridgehead atoms. The minimum Gasteiger partial charge on any atom is -0.445 e. The Bertz CT molecular complexity index is 1840. The third-order valence-electron chi connectivity index (χ3n) is 7.55. The molecule has 212 valence electrons. The van der Waals surface area contributed by atoms with Gasteiger partial charge in [-0.3, -0.25) is 10.00 Å². The highest BCUT2D eigenvalue weighted by atomic mass is 32.1. The predicted molar refractivity (Wildman–Crippen MR) is 160 cm³/mol. The number of aromatic nitrogens is 4. The Balaban J connectivity index is 1.03. The standard InChI is InChI=1S/C31H28FN7O2S/c32-22-5-3-4-20(12-22)18-39-28-9-7-24(13-21(28)16-36-39)37-29-27-15-26(42-30(27)35-19-34-29)8-6-23-14-25(17-33-23)41-31(40)38-10-1-2-11-38/h3-5,7,9,12-13,15-16,19,23,25,33H,1-2,10-11,14,17-18H2,(H,34,35,37). The maximum Gasteiger partial charge on any atom is 0.410 e. The van der Waals surface area contributed by atoms with Crippen molar-refractivity contribution >= 4 is 50.1 Å². The van der Waals surface area contributed by atoms with Gasteiger partial charge >= 0.3 is 6.09 Å². The molecule has 3 aromatic heterocycles. The van der Waals surface area contributed by atoms with Crippen LogP contribution in [0.1, 0.15) is 29.7 Å². The molecule has 5 heterocycles. The number of halogens is 1. The van der Waals surface area contributed by atoms with Crippen molar-refractivity contribution in [3.05, 3.63) is 77.3 Å². The van der Waals surface area contributed by atoms with Crippen molar-refractivity contribution in [3.8, 4) is 11.8 Å². The van der Waals surface area contributed by atoms with Gasteiger partial charge in [0.05, 0.1) is 34.6 Å². The molecule has 2 saturated heterocycles. The topological polar surface area (TPSA) is 97.2 Å². The molecule has 2 aliphatic rings. The molecule has 11 heteroatoms. The number of carbonyl (C=O) groups excluding carboxylic acids is 1. The van der Waals surface area contributed by atoms with Crippen LogP contribution in [0.2, 0.25) is 0 Å². The number of amides is 1. The number of anilines is 2. The van der Waals surface area contributed by atoms with Crippen molar-refractivity contribution in [3.63, 3.8) is 0 Å². The Morgan fingerprint density at radius 2 is 2.07 bits per heavy atom. The van der Waals surface area contributed by atoms with Gasteiger partial charge < -0.3 is 15.0 Å². The first-order chi connectivity index (χ1) is 20.6. The summed E-state index contributed by atoms with van der Waals surface area (Å²) in [6, 6.07) is 14.5. The molecule has 7 rings (SSSR count). The maximum atomic E-state index is 13.6. The average molecular weight is 582 g/mol. The van der Waals surface area contributed by atoms with Gasteiger partial charge in [-0.25, -0.2) is 19.2 Å². The fourth-order valence-corrected chi connectivity index (χ4v) is 6.29. The number of ether oxygens (including phenoxy) is 1. The molecule has 42 heavy (non-hydrogen) atoms. The SMILES string of the molecule is O=C(OC1CNC(C#Cc2cc3c(Nc4ccc5c(cnn5Cc5cccc(F)c5)c4)ncnc3s2)C1)N1CCCC1. The second-order valence-corrected chi connectivity index (χ2v) is 11.6. The smallest absolute Gasteiger partial charge is 0.410 e. The molecule has 2 unspecified atom stereocenters. The molecular weight excluding hydrogens is 553 g/mol. The van der Waals surface area contributed by atoms with Crippen LogP contribution in [0.15, 0.2) is 61.1 Å². The summed E-state index contributed by atoms with van der Waals surface area (Å²) in [4.78, 5) is 24.8. The molecule has 0 radical (unpaired) electrons. The molecule has 2 atom stereocenters. The van der Waals surface area contributed by atoms with Crippen LogP contribution in [0.25, 0.3) is 21.1 Å². The summed E-state index contributed by atoms with van der Waals surface area (Å²) in [7, 11) is 0. The van der Waals surface area contributed by atoms with E-state index in [2.05, 4.69) is 37.5 Å². The average Bonchev–Trinajstić information content (AvgIpc) is 3.79. The molecule has 5 aromatic rings. The van der Waals surface area contributed by atoms with Crippen molar-refractivity contribution in [1.29, 1.82) is 0 Å². The quantitative estimate of drug-likeness (QED) is 0.273. The third-order valence-corrected chi connectivity index (χ3v) is 8.51. The normalized spacial score (nSPS) is 18.4. The second-order valence-electron chi connectivity index (χ2n) is 10.5.